The number of halogens is 1. The Morgan fingerprint density at radius 2 is 1.93 bits per heavy atom. The van der Waals surface area contributed by atoms with Gasteiger partial charge in [-0.05, 0) is 24.8 Å². The van der Waals surface area contributed by atoms with Crippen molar-refractivity contribution in [2.24, 2.45) is 5.92 Å². The minimum atomic E-state index is -0.302. The first-order valence-corrected chi connectivity index (χ1v) is 9.84. The van der Waals surface area contributed by atoms with Crippen molar-refractivity contribution in [3.05, 3.63) is 16.7 Å². The number of rotatable bonds is 4. The second kappa shape index (κ2) is 8.77. The van der Waals surface area contributed by atoms with Gasteiger partial charge < -0.3 is 30.2 Å². The molecule has 2 heterocycles. The van der Waals surface area contributed by atoms with Crippen LogP contribution in [0.25, 0.3) is 0 Å². The van der Waals surface area contributed by atoms with Gasteiger partial charge in [-0.25, -0.2) is 4.79 Å². The molecule has 2 aliphatic heterocycles. The van der Waals surface area contributed by atoms with E-state index in [2.05, 4.69) is 5.32 Å². The Bertz CT molecular complexity index is 748. The maximum Gasteiger partial charge on any atom is 0.409 e. The average molecular weight is 412 g/mol. The fraction of sp³-hybridized carbons (Fsp3) is 0.579. The van der Waals surface area contributed by atoms with E-state index in [1.165, 1.54) is 6.07 Å². The molecular formula is C19H26ClN3O5. The molecule has 1 fully saturated rings. The van der Waals surface area contributed by atoms with Gasteiger partial charge in [0.25, 0.3) is 5.91 Å². The number of piperidine rings is 1. The molecule has 0 bridgehead atoms. The average Bonchev–Trinajstić information content (AvgIpc) is 2.69. The van der Waals surface area contributed by atoms with Gasteiger partial charge in [-0.2, -0.15) is 0 Å². The zero-order valence-corrected chi connectivity index (χ0v) is 16.9. The van der Waals surface area contributed by atoms with Crippen molar-refractivity contribution in [3.8, 4) is 11.5 Å². The molecule has 0 atom stereocenters. The van der Waals surface area contributed by atoms with Gasteiger partial charge >= 0.3 is 6.09 Å². The van der Waals surface area contributed by atoms with Crippen LogP contribution in [0.1, 0.15) is 37.0 Å². The van der Waals surface area contributed by atoms with E-state index in [4.69, 9.17) is 31.5 Å². The first kappa shape index (κ1) is 20.4. The number of nitrogens with zero attached hydrogens (tertiary/aromatic N) is 1. The van der Waals surface area contributed by atoms with Crippen molar-refractivity contribution < 1.29 is 23.8 Å². The molecule has 28 heavy (non-hydrogen) atoms. The van der Waals surface area contributed by atoms with Gasteiger partial charge in [0.15, 0.2) is 11.5 Å². The third-order valence-electron chi connectivity index (χ3n) is 4.67. The van der Waals surface area contributed by atoms with Crippen LogP contribution < -0.4 is 20.5 Å². The highest BCUT2D eigenvalue weighted by atomic mass is 35.5. The molecule has 8 nitrogen and oxygen atoms in total. The zero-order valence-electron chi connectivity index (χ0n) is 16.1. The van der Waals surface area contributed by atoms with Crippen molar-refractivity contribution >= 4 is 29.3 Å². The summed E-state index contributed by atoms with van der Waals surface area (Å²) in [7, 11) is 0. The van der Waals surface area contributed by atoms with Gasteiger partial charge in [0.2, 0.25) is 0 Å². The quantitative estimate of drug-likeness (QED) is 0.738. The van der Waals surface area contributed by atoms with Gasteiger partial charge in [-0.1, -0.05) is 25.4 Å². The summed E-state index contributed by atoms with van der Waals surface area (Å²) < 4.78 is 16.4. The third kappa shape index (κ3) is 4.55. The van der Waals surface area contributed by atoms with Crippen molar-refractivity contribution in [1.29, 1.82) is 0 Å². The number of carbonyl (C=O) groups is 2. The number of nitrogens with two attached hydrogens (primary N) is 1. The van der Waals surface area contributed by atoms with Crippen LogP contribution in [0.2, 0.25) is 5.02 Å². The number of hydrogen-bond donors (Lipinski definition) is 2. The molecule has 9 heteroatoms. The van der Waals surface area contributed by atoms with E-state index < -0.39 is 0 Å². The summed E-state index contributed by atoms with van der Waals surface area (Å²) >= 11 is 6.14. The number of likely N-dealkylation sites (tertiary alicyclic amines) is 1. The van der Waals surface area contributed by atoms with E-state index in [-0.39, 0.29) is 28.8 Å². The standard InChI is InChI=1S/C19H26ClN3O5/c1-11(2)10-28-19(25)23-5-3-12(4-6-23)22-18(24)13-9-14(20)15(21)17-16(13)26-7-8-27-17/h9,11-12H,3-8,10,21H2,1-2H3,(H,22,24). The molecule has 1 aromatic carbocycles. The van der Waals surface area contributed by atoms with Gasteiger partial charge in [0.1, 0.15) is 13.2 Å². The molecule has 0 saturated carbocycles. The Morgan fingerprint density at radius 1 is 1.29 bits per heavy atom. The monoisotopic (exact) mass is 411 g/mol. The normalized spacial score (nSPS) is 16.8. The van der Waals surface area contributed by atoms with Crippen LogP contribution in [0.5, 0.6) is 11.5 Å². The lowest BCUT2D eigenvalue weighted by Crippen LogP contribution is -2.47. The van der Waals surface area contributed by atoms with E-state index in [0.717, 1.165) is 0 Å². The number of amides is 2. The molecule has 0 spiro atoms. The predicted octanol–water partition coefficient (Wildman–Crippen LogP) is 2.68. The van der Waals surface area contributed by atoms with Crippen LogP contribution in [-0.2, 0) is 4.74 Å². The molecule has 154 valence electrons. The summed E-state index contributed by atoms with van der Waals surface area (Å²) in [6.45, 7) is 6.14. The smallest absolute Gasteiger partial charge is 0.409 e. The van der Waals surface area contributed by atoms with Crippen LogP contribution in [-0.4, -0.2) is 55.9 Å². The highest BCUT2D eigenvalue weighted by Gasteiger charge is 2.29. The fourth-order valence-corrected chi connectivity index (χ4v) is 3.36. The third-order valence-corrected chi connectivity index (χ3v) is 4.99. The number of ether oxygens (including phenoxy) is 3. The van der Waals surface area contributed by atoms with Crippen molar-refractivity contribution in [3.63, 3.8) is 0 Å². The molecule has 2 amide bonds. The lowest BCUT2D eigenvalue weighted by atomic mass is 10.0. The number of nitrogen functional groups attached to an aromatic ring is 1. The van der Waals surface area contributed by atoms with E-state index in [1.807, 2.05) is 13.8 Å². The Hall–Kier alpha value is -2.35. The van der Waals surface area contributed by atoms with Gasteiger partial charge in [0, 0.05) is 19.1 Å². The molecule has 0 unspecified atom stereocenters. The van der Waals surface area contributed by atoms with Gasteiger partial charge in [-0.15, -0.1) is 0 Å². The Balaban J connectivity index is 1.60. The van der Waals surface area contributed by atoms with Crippen LogP contribution in [0.15, 0.2) is 6.07 Å². The maximum atomic E-state index is 12.8. The first-order valence-electron chi connectivity index (χ1n) is 9.47. The molecule has 0 aliphatic carbocycles. The lowest BCUT2D eigenvalue weighted by molar-refractivity contribution is 0.0783. The van der Waals surface area contributed by atoms with Crippen molar-refractivity contribution in [2.45, 2.75) is 32.7 Å². The topological polar surface area (TPSA) is 103 Å². The van der Waals surface area contributed by atoms with Gasteiger partial charge in [0.05, 0.1) is 22.9 Å². The summed E-state index contributed by atoms with van der Waals surface area (Å²) in [6.07, 6.45) is 0.985. The molecule has 2 aliphatic rings. The zero-order chi connectivity index (χ0) is 20.3. The van der Waals surface area contributed by atoms with Crippen LogP contribution in [0.3, 0.4) is 0 Å². The van der Waals surface area contributed by atoms with Crippen LogP contribution in [0.4, 0.5) is 10.5 Å². The van der Waals surface area contributed by atoms with Gasteiger partial charge in [-0.3, -0.25) is 4.79 Å². The lowest BCUT2D eigenvalue weighted by Gasteiger charge is -2.32. The largest absolute Gasteiger partial charge is 0.485 e. The fourth-order valence-electron chi connectivity index (χ4n) is 3.16. The summed E-state index contributed by atoms with van der Waals surface area (Å²) in [5.41, 5.74) is 6.49. The highest BCUT2D eigenvalue weighted by Crippen LogP contribution is 2.43. The number of hydrogen-bond acceptors (Lipinski definition) is 6. The molecule has 0 radical (unpaired) electrons. The summed E-state index contributed by atoms with van der Waals surface area (Å²) in [4.78, 5) is 26.5. The van der Waals surface area contributed by atoms with Crippen molar-refractivity contribution in [1.82, 2.24) is 10.2 Å². The summed E-state index contributed by atoms with van der Waals surface area (Å²) in [5.74, 6) is 0.626. The number of nitrogens with one attached hydrogen (secondary N) is 1. The molecule has 1 saturated heterocycles. The number of carbonyl (C=O) groups excluding carboxylic acids is 2. The van der Waals surface area contributed by atoms with E-state index in [0.29, 0.717) is 68.7 Å². The van der Waals surface area contributed by atoms with E-state index in [1.54, 1.807) is 4.90 Å². The predicted molar refractivity (Wildman–Crippen MR) is 105 cm³/mol. The molecule has 3 rings (SSSR count). The van der Waals surface area contributed by atoms with Crippen LogP contribution >= 0.6 is 11.6 Å². The molecule has 1 aromatic rings. The minimum Gasteiger partial charge on any atom is -0.485 e. The summed E-state index contributed by atoms with van der Waals surface area (Å²) in [5, 5.41) is 3.24. The minimum absolute atomic E-state index is 0.0573. The molecule has 3 N–H and O–H groups in total. The Morgan fingerprint density at radius 3 is 2.57 bits per heavy atom. The Labute approximate surface area is 169 Å². The van der Waals surface area contributed by atoms with E-state index >= 15 is 0 Å². The second-order valence-electron chi connectivity index (χ2n) is 7.38. The molecule has 0 aromatic heterocycles. The number of fused-ring (bicyclic) bond motifs is 1. The molecular weight excluding hydrogens is 386 g/mol. The summed E-state index contributed by atoms with van der Waals surface area (Å²) in [6, 6.07) is 1.44. The number of anilines is 1. The highest BCUT2D eigenvalue weighted by molar-refractivity contribution is 6.34. The Kier molecular flexibility index (Phi) is 6.39. The van der Waals surface area contributed by atoms with Crippen molar-refractivity contribution in [2.75, 3.05) is 38.6 Å². The SMILES string of the molecule is CC(C)COC(=O)N1CCC(NC(=O)c2cc(Cl)c(N)c3c2OCCO3)CC1. The van der Waals surface area contributed by atoms with E-state index in [9.17, 15) is 9.59 Å². The first-order chi connectivity index (χ1) is 13.4. The second-order valence-corrected chi connectivity index (χ2v) is 7.79. The maximum absolute atomic E-state index is 12.8. The number of benzene rings is 1. The van der Waals surface area contributed by atoms with Crippen LogP contribution in [0, 0.1) is 5.92 Å².